The van der Waals surface area contributed by atoms with Crippen LogP contribution in [0.15, 0.2) is 29.3 Å². The summed E-state index contributed by atoms with van der Waals surface area (Å²) in [5.41, 5.74) is -0.480. The highest BCUT2D eigenvalue weighted by Gasteiger charge is 2.21. The van der Waals surface area contributed by atoms with Gasteiger partial charge in [-0.1, -0.05) is 16.1 Å². The van der Waals surface area contributed by atoms with E-state index in [1.54, 1.807) is 0 Å². The van der Waals surface area contributed by atoms with Crippen molar-refractivity contribution in [1.82, 2.24) is 9.59 Å². The first kappa shape index (κ1) is 13.6. The van der Waals surface area contributed by atoms with E-state index in [0.717, 1.165) is 23.7 Å². The molecule has 1 N–H and O–H groups in total. The zero-order valence-electron chi connectivity index (χ0n) is 8.98. The largest absolute Gasteiger partial charge is 0.289 e. The minimum absolute atomic E-state index is 0.136. The third kappa shape index (κ3) is 2.97. The van der Waals surface area contributed by atoms with Crippen LogP contribution in [0.5, 0.6) is 0 Å². The van der Waals surface area contributed by atoms with Gasteiger partial charge in [0.25, 0.3) is 15.7 Å². The van der Waals surface area contributed by atoms with Gasteiger partial charge in [-0.25, -0.2) is 8.42 Å². The standard InChI is InChI=1S/C8H5ClN4O4S2/c9-6-2-1-5(3-7(6)13(14)15)19(16,17)11-8-4-10-12-18-8/h1-4,11H. The van der Waals surface area contributed by atoms with Crippen molar-refractivity contribution in [3.05, 3.63) is 39.5 Å². The summed E-state index contributed by atoms with van der Waals surface area (Å²) in [4.78, 5) is 9.68. The van der Waals surface area contributed by atoms with E-state index >= 15 is 0 Å². The molecule has 1 aromatic heterocycles. The quantitative estimate of drug-likeness (QED) is 0.679. The number of halogens is 1. The Hall–Kier alpha value is -1.78. The van der Waals surface area contributed by atoms with E-state index in [9.17, 15) is 18.5 Å². The van der Waals surface area contributed by atoms with Crippen molar-refractivity contribution >= 4 is 43.8 Å². The van der Waals surface area contributed by atoms with Crippen LogP contribution in [0.25, 0.3) is 0 Å². The molecule has 0 amide bonds. The van der Waals surface area contributed by atoms with Crippen LogP contribution in [0.3, 0.4) is 0 Å². The summed E-state index contributed by atoms with van der Waals surface area (Å²) in [6.07, 6.45) is 1.23. The van der Waals surface area contributed by atoms with Crippen LogP contribution in [0, 0.1) is 10.1 Å². The smallest absolute Gasteiger partial charge is 0.268 e. The van der Waals surface area contributed by atoms with Gasteiger partial charge in [-0.3, -0.25) is 14.8 Å². The first-order valence-corrected chi connectivity index (χ1v) is 7.28. The summed E-state index contributed by atoms with van der Waals surface area (Å²) < 4.78 is 29.6. The number of nitrogens with one attached hydrogen (secondary N) is 1. The Bertz CT molecular complexity index is 716. The van der Waals surface area contributed by atoms with Gasteiger partial charge in [0.1, 0.15) is 10.0 Å². The van der Waals surface area contributed by atoms with E-state index in [0.29, 0.717) is 0 Å². The third-order valence-corrected chi connectivity index (χ3v) is 4.41. The molecule has 1 aromatic carbocycles. The molecule has 2 rings (SSSR count). The fourth-order valence-corrected chi connectivity index (χ4v) is 3.09. The van der Waals surface area contributed by atoms with Gasteiger partial charge in [0.15, 0.2) is 0 Å². The maximum absolute atomic E-state index is 12.0. The van der Waals surface area contributed by atoms with E-state index in [-0.39, 0.29) is 14.9 Å². The number of nitro groups is 1. The molecule has 19 heavy (non-hydrogen) atoms. The van der Waals surface area contributed by atoms with Crippen molar-refractivity contribution < 1.29 is 13.3 Å². The molecule has 100 valence electrons. The molecule has 0 saturated heterocycles. The van der Waals surface area contributed by atoms with Crippen molar-refractivity contribution in [2.75, 3.05) is 4.72 Å². The third-order valence-electron chi connectivity index (χ3n) is 2.02. The lowest BCUT2D eigenvalue weighted by Crippen LogP contribution is -2.12. The zero-order chi connectivity index (χ0) is 14.0. The first-order valence-electron chi connectivity index (χ1n) is 4.64. The second kappa shape index (κ2) is 5.07. The average Bonchev–Trinajstić information content (AvgIpc) is 2.80. The molecule has 0 radical (unpaired) electrons. The Morgan fingerprint density at radius 1 is 1.42 bits per heavy atom. The van der Waals surface area contributed by atoms with Crippen molar-refractivity contribution in [3.63, 3.8) is 0 Å². The molecule has 0 bridgehead atoms. The molecule has 8 nitrogen and oxygen atoms in total. The molecule has 0 spiro atoms. The van der Waals surface area contributed by atoms with Gasteiger partial charge in [0.05, 0.1) is 16.0 Å². The number of nitrogens with zero attached hydrogens (tertiary/aromatic N) is 3. The van der Waals surface area contributed by atoms with Crippen LogP contribution in [0.1, 0.15) is 0 Å². The van der Waals surface area contributed by atoms with E-state index in [1.165, 1.54) is 12.3 Å². The second-order valence-electron chi connectivity index (χ2n) is 3.26. The topological polar surface area (TPSA) is 115 Å². The molecule has 0 saturated carbocycles. The minimum atomic E-state index is -3.94. The highest BCUT2D eigenvalue weighted by Crippen LogP contribution is 2.28. The van der Waals surface area contributed by atoms with Gasteiger partial charge in [0.2, 0.25) is 0 Å². The fourth-order valence-electron chi connectivity index (χ4n) is 1.20. The Kier molecular flexibility index (Phi) is 3.64. The van der Waals surface area contributed by atoms with Gasteiger partial charge in [-0.05, 0) is 12.1 Å². The molecule has 11 heteroatoms. The summed E-state index contributed by atoms with van der Waals surface area (Å²) in [6.45, 7) is 0. The van der Waals surface area contributed by atoms with Gasteiger partial charge >= 0.3 is 0 Å². The normalized spacial score (nSPS) is 11.2. The summed E-state index contributed by atoms with van der Waals surface area (Å²) in [5, 5.41) is 14.2. The molecule has 0 aliphatic carbocycles. The van der Waals surface area contributed by atoms with Crippen molar-refractivity contribution in [3.8, 4) is 0 Å². The molecule has 0 atom stereocenters. The summed E-state index contributed by atoms with van der Waals surface area (Å²) in [6, 6.07) is 3.21. The van der Waals surface area contributed by atoms with E-state index in [1.807, 2.05) is 0 Å². The van der Waals surface area contributed by atoms with Crippen LogP contribution < -0.4 is 4.72 Å². The number of benzene rings is 1. The second-order valence-corrected chi connectivity index (χ2v) is 6.13. The van der Waals surface area contributed by atoms with Crippen LogP contribution in [-0.4, -0.2) is 22.9 Å². The van der Waals surface area contributed by atoms with Crippen molar-refractivity contribution in [2.24, 2.45) is 0 Å². The monoisotopic (exact) mass is 320 g/mol. The Morgan fingerprint density at radius 3 is 2.74 bits per heavy atom. The molecule has 0 fully saturated rings. The summed E-state index contributed by atoms with van der Waals surface area (Å²) in [5.74, 6) is 0. The number of hydrogen-bond acceptors (Lipinski definition) is 7. The van der Waals surface area contributed by atoms with E-state index in [4.69, 9.17) is 11.6 Å². The lowest BCUT2D eigenvalue weighted by Gasteiger charge is -2.05. The van der Waals surface area contributed by atoms with Gasteiger partial charge in [-0.15, -0.1) is 5.10 Å². The lowest BCUT2D eigenvalue weighted by molar-refractivity contribution is -0.384. The number of aromatic nitrogens is 2. The molecular weight excluding hydrogens is 316 g/mol. The SMILES string of the molecule is O=[N+]([O-])c1cc(S(=O)(=O)Nc2cnns2)ccc1Cl. The van der Waals surface area contributed by atoms with Crippen molar-refractivity contribution in [2.45, 2.75) is 4.90 Å². The number of sulfonamides is 1. The van der Waals surface area contributed by atoms with Crippen LogP contribution in [0.2, 0.25) is 5.02 Å². The molecule has 1 heterocycles. The van der Waals surface area contributed by atoms with Gasteiger partial charge in [0, 0.05) is 17.6 Å². The zero-order valence-corrected chi connectivity index (χ0v) is 11.4. The predicted octanol–water partition coefficient (Wildman–Crippen LogP) is 1.90. The highest BCUT2D eigenvalue weighted by molar-refractivity contribution is 7.93. The van der Waals surface area contributed by atoms with Crippen molar-refractivity contribution in [1.29, 1.82) is 0 Å². The first-order chi connectivity index (χ1) is 8.90. The summed E-state index contributed by atoms with van der Waals surface area (Å²) in [7, 11) is -3.94. The minimum Gasteiger partial charge on any atom is -0.268 e. The molecular formula is C8H5ClN4O4S2. The van der Waals surface area contributed by atoms with Crippen LogP contribution >= 0.6 is 23.1 Å². The van der Waals surface area contributed by atoms with Gasteiger partial charge < -0.3 is 0 Å². The van der Waals surface area contributed by atoms with Crippen LogP contribution in [0.4, 0.5) is 10.7 Å². The number of nitro benzene ring substituents is 1. The lowest BCUT2D eigenvalue weighted by atomic mass is 10.3. The number of rotatable bonds is 4. The predicted molar refractivity (Wildman–Crippen MR) is 68.8 cm³/mol. The number of anilines is 1. The molecule has 0 aliphatic heterocycles. The van der Waals surface area contributed by atoms with Crippen LogP contribution in [-0.2, 0) is 10.0 Å². The molecule has 0 unspecified atom stereocenters. The average molecular weight is 321 g/mol. The Balaban J connectivity index is 2.41. The number of hydrogen-bond donors (Lipinski definition) is 1. The maximum Gasteiger partial charge on any atom is 0.289 e. The highest BCUT2D eigenvalue weighted by atomic mass is 35.5. The van der Waals surface area contributed by atoms with Gasteiger partial charge in [-0.2, -0.15) is 0 Å². The summed E-state index contributed by atoms with van der Waals surface area (Å²) >= 11 is 6.46. The Labute approximate surface area is 116 Å². The van der Waals surface area contributed by atoms with E-state index < -0.39 is 20.6 Å². The molecule has 0 aliphatic rings. The molecule has 2 aromatic rings. The maximum atomic E-state index is 12.0. The fraction of sp³-hybridized carbons (Fsp3) is 0. The van der Waals surface area contributed by atoms with E-state index in [2.05, 4.69) is 14.3 Å². The Morgan fingerprint density at radius 2 is 2.16 bits per heavy atom.